The quantitative estimate of drug-likeness (QED) is 0.545. The second kappa shape index (κ2) is 8.83. The summed E-state index contributed by atoms with van der Waals surface area (Å²) in [7, 11) is 1.82. The number of hydrogen-bond donors (Lipinski definition) is 0. The first-order chi connectivity index (χ1) is 14.9. The normalized spacial score (nSPS) is 15.7. The van der Waals surface area contributed by atoms with E-state index in [2.05, 4.69) is 0 Å². The molecule has 3 aromatic rings. The van der Waals surface area contributed by atoms with Crippen molar-refractivity contribution in [2.75, 3.05) is 7.05 Å². The van der Waals surface area contributed by atoms with Crippen LogP contribution in [0.5, 0.6) is 0 Å². The highest BCUT2D eigenvalue weighted by Gasteiger charge is 2.29. The lowest BCUT2D eigenvalue weighted by molar-refractivity contribution is -0.137. The monoisotopic (exact) mass is 437 g/mol. The molecule has 4 rings (SSSR count). The number of benzene rings is 2. The zero-order valence-electron chi connectivity index (χ0n) is 18.3. The van der Waals surface area contributed by atoms with Gasteiger partial charge < -0.3 is 4.90 Å². The maximum absolute atomic E-state index is 13.6. The Morgan fingerprint density at radius 2 is 1.87 bits per heavy atom. The second-order valence-corrected chi connectivity index (χ2v) is 8.96. The topological polar surface area (TPSA) is 55.2 Å². The number of aryl methyl sites for hydroxylation is 1. The summed E-state index contributed by atoms with van der Waals surface area (Å²) in [6.45, 7) is 3.87. The minimum Gasteiger partial charge on any atom is -0.336 e. The summed E-state index contributed by atoms with van der Waals surface area (Å²) in [5, 5.41) is 1.16. The number of carbonyl (C=O) groups is 1. The smallest absolute Gasteiger partial charge is 0.266 e. The minimum absolute atomic E-state index is 0.0547. The first-order valence-electron chi connectivity index (χ1n) is 10.9. The number of hydrogen-bond acceptors (Lipinski definition) is 3. The van der Waals surface area contributed by atoms with E-state index in [1.54, 1.807) is 21.6 Å². The third-order valence-electron chi connectivity index (χ3n) is 6.46. The van der Waals surface area contributed by atoms with Gasteiger partial charge in [-0.25, -0.2) is 4.98 Å². The number of aromatic nitrogens is 2. The summed E-state index contributed by atoms with van der Waals surface area (Å²) in [6.07, 6.45) is 5.27. The molecule has 1 saturated carbocycles. The second-order valence-electron chi connectivity index (χ2n) is 8.52. The van der Waals surface area contributed by atoms with Gasteiger partial charge in [-0.3, -0.25) is 14.2 Å². The molecule has 162 valence electrons. The van der Waals surface area contributed by atoms with Gasteiger partial charge in [0.15, 0.2) is 0 Å². The third kappa shape index (κ3) is 4.11. The highest BCUT2D eigenvalue weighted by Crippen LogP contribution is 2.29. The molecule has 0 N–H and O–H groups in total. The molecule has 1 aliphatic carbocycles. The summed E-state index contributed by atoms with van der Waals surface area (Å²) in [4.78, 5) is 33.4. The van der Waals surface area contributed by atoms with Gasteiger partial charge >= 0.3 is 0 Å². The molecule has 1 atom stereocenters. The molecule has 1 fully saturated rings. The van der Waals surface area contributed by atoms with Gasteiger partial charge in [0.2, 0.25) is 5.91 Å². The summed E-state index contributed by atoms with van der Waals surface area (Å²) in [5.41, 5.74) is 2.10. The van der Waals surface area contributed by atoms with Crippen LogP contribution in [0.4, 0.5) is 0 Å². The van der Waals surface area contributed by atoms with Crippen molar-refractivity contribution in [1.29, 1.82) is 0 Å². The molecule has 0 radical (unpaired) electrons. The Bertz CT molecular complexity index is 1180. The van der Waals surface area contributed by atoms with E-state index in [9.17, 15) is 9.59 Å². The molecule has 0 aliphatic heterocycles. The van der Waals surface area contributed by atoms with Gasteiger partial charge in [-0.2, -0.15) is 0 Å². The van der Waals surface area contributed by atoms with E-state index in [0.29, 0.717) is 21.7 Å². The lowest BCUT2D eigenvalue weighted by Gasteiger charge is -2.31. The van der Waals surface area contributed by atoms with Gasteiger partial charge in [-0.05, 0) is 62.6 Å². The van der Waals surface area contributed by atoms with Crippen LogP contribution in [0.2, 0.25) is 5.02 Å². The lowest BCUT2D eigenvalue weighted by atomic mass is 9.88. The molecule has 0 saturated heterocycles. The maximum Gasteiger partial charge on any atom is 0.266 e. The molecular formula is C25H28ClN3O2. The largest absolute Gasteiger partial charge is 0.336 e. The summed E-state index contributed by atoms with van der Waals surface area (Å²) in [6, 6.07) is 12.4. The fraction of sp³-hybridized carbons (Fsp3) is 0.400. The third-order valence-corrected chi connectivity index (χ3v) is 6.69. The standard InChI is InChI=1S/C25H28ClN3O2/c1-16-15-19(26)13-14-22(16)29-23(27-21-12-8-7-11-20(21)25(29)31)17(2)28(3)24(30)18-9-5-4-6-10-18/h7-8,11-15,17-18H,4-6,9-10H2,1-3H3. The van der Waals surface area contributed by atoms with Gasteiger partial charge in [0.05, 0.1) is 22.6 Å². The molecule has 5 nitrogen and oxygen atoms in total. The molecule has 31 heavy (non-hydrogen) atoms. The van der Waals surface area contributed by atoms with Crippen LogP contribution in [0.1, 0.15) is 56.5 Å². The van der Waals surface area contributed by atoms with E-state index < -0.39 is 0 Å². The first kappa shape index (κ1) is 21.6. The van der Waals surface area contributed by atoms with Crippen LogP contribution in [-0.4, -0.2) is 27.4 Å². The van der Waals surface area contributed by atoms with Gasteiger partial charge in [-0.1, -0.05) is 43.0 Å². The molecule has 1 unspecified atom stereocenters. The fourth-order valence-electron chi connectivity index (χ4n) is 4.53. The summed E-state index contributed by atoms with van der Waals surface area (Å²) in [5.74, 6) is 0.744. The van der Waals surface area contributed by atoms with Crippen molar-refractivity contribution in [3.8, 4) is 5.69 Å². The van der Waals surface area contributed by atoms with E-state index in [0.717, 1.165) is 36.9 Å². The Labute approximate surface area is 187 Å². The molecule has 1 heterocycles. The van der Waals surface area contributed by atoms with Crippen LogP contribution in [0.25, 0.3) is 16.6 Å². The SMILES string of the molecule is Cc1cc(Cl)ccc1-n1c(C(C)N(C)C(=O)C2CCCCC2)nc2ccccc2c1=O. The van der Waals surface area contributed by atoms with Gasteiger partial charge in [0, 0.05) is 18.0 Å². The summed E-state index contributed by atoms with van der Waals surface area (Å²) >= 11 is 6.16. The van der Waals surface area contributed by atoms with Crippen molar-refractivity contribution in [3.63, 3.8) is 0 Å². The van der Waals surface area contributed by atoms with E-state index in [-0.39, 0.29) is 23.4 Å². The first-order valence-corrected chi connectivity index (χ1v) is 11.3. The van der Waals surface area contributed by atoms with Crippen LogP contribution in [0, 0.1) is 12.8 Å². The molecular weight excluding hydrogens is 410 g/mol. The number of rotatable bonds is 4. The van der Waals surface area contributed by atoms with Crippen molar-refractivity contribution < 1.29 is 4.79 Å². The van der Waals surface area contributed by atoms with Gasteiger partial charge in [0.1, 0.15) is 5.82 Å². The van der Waals surface area contributed by atoms with Crippen LogP contribution >= 0.6 is 11.6 Å². The highest BCUT2D eigenvalue weighted by atomic mass is 35.5. The Hall–Kier alpha value is -2.66. The van der Waals surface area contributed by atoms with Crippen LogP contribution in [-0.2, 0) is 4.79 Å². The van der Waals surface area contributed by atoms with Crippen molar-refractivity contribution in [2.24, 2.45) is 5.92 Å². The Balaban J connectivity index is 1.85. The Morgan fingerprint density at radius 3 is 2.58 bits per heavy atom. The van der Waals surface area contributed by atoms with Crippen molar-refractivity contribution >= 4 is 28.4 Å². The predicted molar refractivity (Wildman–Crippen MR) is 125 cm³/mol. The maximum atomic E-state index is 13.6. The average molecular weight is 438 g/mol. The number of carbonyl (C=O) groups excluding carboxylic acids is 1. The average Bonchev–Trinajstić information content (AvgIpc) is 2.79. The molecule has 1 aromatic heterocycles. The number of amides is 1. The zero-order chi connectivity index (χ0) is 22.1. The zero-order valence-corrected chi connectivity index (χ0v) is 19.0. The van der Waals surface area contributed by atoms with E-state index in [1.807, 2.05) is 51.2 Å². The molecule has 0 spiro atoms. The molecule has 6 heteroatoms. The van der Waals surface area contributed by atoms with Crippen LogP contribution in [0.15, 0.2) is 47.3 Å². The van der Waals surface area contributed by atoms with Crippen LogP contribution < -0.4 is 5.56 Å². The van der Waals surface area contributed by atoms with Gasteiger partial charge in [0.25, 0.3) is 5.56 Å². The van der Waals surface area contributed by atoms with Crippen LogP contribution in [0.3, 0.4) is 0 Å². The molecule has 0 bridgehead atoms. The molecule has 1 amide bonds. The Morgan fingerprint density at radius 1 is 1.16 bits per heavy atom. The van der Waals surface area contributed by atoms with Gasteiger partial charge in [-0.15, -0.1) is 0 Å². The number of fused-ring (bicyclic) bond motifs is 1. The number of nitrogens with zero attached hydrogens (tertiary/aromatic N) is 3. The minimum atomic E-state index is -0.359. The lowest BCUT2D eigenvalue weighted by Crippen LogP contribution is -2.38. The molecule has 1 aliphatic rings. The van der Waals surface area contributed by atoms with E-state index >= 15 is 0 Å². The predicted octanol–water partition coefficient (Wildman–Crippen LogP) is 5.45. The van der Waals surface area contributed by atoms with E-state index in [4.69, 9.17) is 16.6 Å². The number of halogens is 1. The fourth-order valence-corrected chi connectivity index (χ4v) is 4.76. The van der Waals surface area contributed by atoms with Crippen molar-refractivity contribution in [2.45, 2.75) is 52.0 Å². The van der Waals surface area contributed by atoms with E-state index in [1.165, 1.54) is 6.42 Å². The number of para-hydroxylation sites is 1. The highest BCUT2D eigenvalue weighted by molar-refractivity contribution is 6.30. The Kier molecular flexibility index (Phi) is 6.15. The molecule has 2 aromatic carbocycles. The van der Waals surface area contributed by atoms with Crippen molar-refractivity contribution in [3.05, 3.63) is 69.2 Å². The summed E-state index contributed by atoms with van der Waals surface area (Å²) < 4.78 is 1.64. The van der Waals surface area contributed by atoms with Crippen molar-refractivity contribution in [1.82, 2.24) is 14.5 Å².